The van der Waals surface area contributed by atoms with Gasteiger partial charge < -0.3 is 15.1 Å². The van der Waals surface area contributed by atoms with E-state index in [1.54, 1.807) is 6.07 Å². The second kappa shape index (κ2) is 7.96. The van der Waals surface area contributed by atoms with Crippen molar-refractivity contribution in [2.75, 3.05) is 42.9 Å². The molecule has 1 N–H and O–H groups in total. The lowest BCUT2D eigenvalue weighted by Crippen LogP contribution is -2.49. The summed E-state index contributed by atoms with van der Waals surface area (Å²) >= 11 is 0. The highest BCUT2D eigenvalue weighted by Crippen LogP contribution is 2.16. The number of aromatic nitrogens is 2. The number of carbonyl (C=O) groups is 1. The van der Waals surface area contributed by atoms with Gasteiger partial charge in [-0.1, -0.05) is 32.0 Å². The monoisotopic (exact) mass is 339 g/mol. The van der Waals surface area contributed by atoms with E-state index in [0.717, 1.165) is 19.6 Å². The Balaban J connectivity index is 1.55. The van der Waals surface area contributed by atoms with Gasteiger partial charge in [-0.05, 0) is 30.2 Å². The Morgan fingerprint density at radius 2 is 1.76 bits per heavy atom. The number of anilines is 2. The number of nitrogens with one attached hydrogen (secondary N) is 1. The molecule has 0 saturated carbocycles. The molecule has 0 aliphatic carbocycles. The van der Waals surface area contributed by atoms with Crippen molar-refractivity contribution in [3.05, 3.63) is 48.2 Å². The van der Waals surface area contributed by atoms with Gasteiger partial charge in [0.05, 0.1) is 0 Å². The second-order valence-electron chi connectivity index (χ2n) is 6.69. The summed E-state index contributed by atoms with van der Waals surface area (Å²) in [7, 11) is 0. The Hall–Kier alpha value is -2.63. The van der Waals surface area contributed by atoms with Crippen molar-refractivity contribution in [1.29, 1.82) is 0 Å². The number of para-hydroxylation sites is 1. The lowest BCUT2D eigenvalue weighted by atomic mass is 10.2. The zero-order chi connectivity index (χ0) is 17.6. The quantitative estimate of drug-likeness (QED) is 0.907. The molecule has 1 saturated heterocycles. The standard InChI is InChI=1S/C19H25N5O/c1-15(2)14-20-18-9-8-17(21-22-18)19(25)24-12-10-23(11-13-24)16-6-4-3-5-7-16/h3-9,15H,10-14H2,1-2H3,(H,20,22). The highest BCUT2D eigenvalue weighted by atomic mass is 16.2. The third-order valence-electron chi connectivity index (χ3n) is 4.26. The van der Waals surface area contributed by atoms with E-state index >= 15 is 0 Å². The van der Waals surface area contributed by atoms with E-state index in [2.05, 4.69) is 46.4 Å². The van der Waals surface area contributed by atoms with Crippen molar-refractivity contribution < 1.29 is 4.79 Å². The van der Waals surface area contributed by atoms with E-state index < -0.39 is 0 Å². The van der Waals surface area contributed by atoms with Crippen molar-refractivity contribution in [1.82, 2.24) is 15.1 Å². The van der Waals surface area contributed by atoms with Gasteiger partial charge >= 0.3 is 0 Å². The lowest BCUT2D eigenvalue weighted by Gasteiger charge is -2.35. The van der Waals surface area contributed by atoms with Gasteiger partial charge in [-0.2, -0.15) is 0 Å². The van der Waals surface area contributed by atoms with Crippen molar-refractivity contribution in [2.45, 2.75) is 13.8 Å². The molecule has 3 rings (SSSR count). The van der Waals surface area contributed by atoms with Gasteiger partial charge in [0.2, 0.25) is 0 Å². The maximum Gasteiger partial charge on any atom is 0.274 e. The molecule has 1 aliphatic heterocycles. The molecule has 6 heteroatoms. The van der Waals surface area contributed by atoms with Crippen LogP contribution in [0.25, 0.3) is 0 Å². The van der Waals surface area contributed by atoms with Gasteiger partial charge in [-0.15, -0.1) is 10.2 Å². The number of piperazine rings is 1. The molecule has 1 fully saturated rings. The molecule has 0 unspecified atom stereocenters. The van der Waals surface area contributed by atoms with Crippen LogP contribution in [0.5, 0.6) is 0 Å². The van der Waals surface area contributed by atoms with E-state index in [0.29, 0.717) is 30.5 Å². The summed E-state index contributed by atoms with van der Waals surface area (Å²) in [6.07, 6.45) is 0. The van der Waals surface area contributed by atoms with Crippen LogP contribution < -0.4 is 10.2 Å². The number of carbonyl (C=O) groups excluding carboxylic acids is 1. The van der Waals surface area contributed by atoms with E-state index in [1.807, 2.05) is 29.2 Å². The van der Waals surface area contributed by atoms with E-state index in [1.165, 1.54) is 5.69 Å². The fourth-order valence-electron chi connectivity index (χ4n) is 2.82. The molecule has 25 heavy (non-hydrogen) atoms. The SMILES string of the molecule is CC(C)CNc1ccc(C(=O)N2CCN(c3ccccc3)CC2)nn1. The molecule has 1 amide bonds. The normalized spacial score (nSPS) is 14.7. The van der Waals surface area contributed by atoms with Crippen molar-refractivity contribution in [2.24, 2.45) is 5.92 Å². The predicted molar refractivity (Wildman–Crippen MR) is 99.9 cm³/mol. The molecular formula is C19H25N5O. The summed E-state index contributed by atoms with van der Waals surface area (Å²) in [5, 5.41) is 11.4. The maximum atomic E-state index is 12.6. The molecule has 1 aliphatic rings. The predicted octanol–water partition coefficient (Wildman–Crippen LogP) is 2.51. The van der Waals surface area contributed by atoms with Gasteiger partial charge in [0.25, 0.3) is 5.91 Å². The largest absolute Gasteiger partial charge is 0.368 e. The Morgan fingerprint density at radius 3 is 2.36 bits per heavy atom. The molecular weight excluding hydrogens is 314 g/mol. The summed E-state index contributed by atoms with van der Waals surface area (Å²) in [5.74, 6) is 1.19. The number of amides is 1. The van der Waals surface area contributed by atoms with Crippen LogP contribution in [0.15, 0.2) is 42.5 Å². The van der Waals surface area contributed by atoms with Crippen LogP contribution in [-0.2, 0) is 0 Å². The minimum atomic E-state index is -0.0457. The fourth-order valence-corrected chi connectivity index (χ4v) is 2.82. The van der Waals surface area contributed by atoms with Crippen LogP contribution in [-0.4, -0.2) is 53.7 Å². The first-order valence-corrected chi connectivity index (χ1v) is 8.80. The zero-order valence-corrected chi connectivity index (χ0v) is 14.9. The van der Waals surface area contributed by atoms with E-state index in [9.17, 15) is 4.79 Å². The van der Waals surface area contributed by atoms with Gasteiger partial charge in [0, 0.05) is 38.4 Å². The Bertz CT molecular complexity index is 679. The van der Waals surface area contributed by atoms with Gasteiger partial charge in [0.1, 0.15) is 5.82 Å². The van der Waals surface area contributed by atoms with E-state index in [4.69, 9.17) is 0 Å². The third kappa shape index (κ3) is 4.47. The molecule has 0 spiro atoms. The van der Waals surface area contributed by atoms with Crippen LogP contribution in [0.3, 0.4) is 0 Å². The number of hydrogen-bond donors (Lipinski definition) is 1. The van der Waals surface area contributed by atoms with Crippen molar-refractivity contribution >= 4 is 17.4 Å². The van der Waals surface area contributed by atoms with Gasteiger partial charge in [-0.3, -0.25) is 4.79 Å². The number of rotatable bonds is 5. The molecule has 6 nitrogen and oxygen atoms in total. The minimum absolute atomic E-state index is 0.0457. The highest BCUT2D eigenvalue weighted by Gasteiger charge is 2.23. The topological polar surface area (TPSA) is 61.4 Å². The molecule has 1 aromatic carbocycles. The summed E-state index contributed by atoms with van der Waals surface area (Å²) < 4.78 is 0. The van der Waals surface area contributed by atoms with Crippen molar-refractivity contribution in [3.8, 4) is 0 Å². The second-order valence-corrected chi connectivity index (χ2v) is 6.69. The molecule has 2 aromatic rings. The zero-order valence-electron chi connectivity index (χ0n) is 14.9. The molecule has 2 heterocycles. The lowest BCUT2D eigenvalue weighted by molar-refractivity contribution is 0.0739. The molecule has 132 valence electrons. The molecule has 0 radical (unpaired) electrons. The van der Waals surface area contributed by atoms with Crippen LogP contribution in [0.2, 0.25) is 0 Å². The Morgan fingerprint density at radius 1 is 1.04 bits per heavy atom. The highest BCUT2D eigenvalue weighted by molar-refractivity contribution is 5.92. The molecule has 1 aromatic heterocycles. The summed E-state index contributed by atoms with van der Waals surface area (Å²) in [6, 6.07) is 13.9. The summed E-state index contributed by atoms with van der Waals surface area (Å²) in [4.78, 5) is 16.8. The van der Waals surface area contributed by atoms with Crippen LogP contribution >= 0.6 is 0 Å². The first-order valence-electron chi connectivity index (χ1n) is 8.80. The fraction of sp³-hybridized carbons (Fsp3) is 0.421. The third-order valence-corrected chi connectivity index (χ3v) is 4.26. The van der Waals surface area contributed by atoms with Gasteiger partial charge in [-0.25, -0.2) is 0 Å². The van der Waals surface area contributed by atoms with E-state index in [-0.39, 0.29) is 5.91 Å². The average Bonchev–Trinajstić information content (AvgIpc) is 2.67. The molecule has 0 bridgehead atoms. The maximum absolute atomic E-state index is 12.6. The first kappa shape index (κ1) is 17.2. The average molecular weight is 339 g/mol. The van der Waals surface area contributed by atoms with Crippen LogP contribution in [0, 0.1) is 5.92 Å². The summed E-state index contributed by atoms with van der Waals surface area (Å²) in [6.45, 7) is 8.16. The number of hydrogen-bond acceptors (Lipinski definition) is 5. The minimum Gasteiger partial charge on any atom is -0.368 e. The van der Waals surface area contributed by atoms with Crippen molar-refractivity contribution in [3.63, 3.8) is 0 Å². The smallest absolute Gasteiger partial charge is 0.274 e. The summed E-state index contributed by atoms with van der Waals surface area (Å²) in [5.41, 5.74) is 1.61. The van der Waals surface area contributed by atoms with Crippen LogP contribution in [0.1, 0.15) is 24.3 Å². The number of nitrogens with zero attached hydrogens (tertiary/aromatic N) is 4. The molecule has 0 atom stereocenters. The Labute approximate surface area is 148 Å². The van der Waals surface area contributed by atoms with Gasteiger partial charge in [0.15, 0.2) is 5.69 Å². The first-order chi connectivity index (χ1) is 12.1. The van der Waals surface area contributed by atoms with Crippen LogP contribution in [0.4, 0.5) is 11.5 Å². The number of benzene rings is 1. The Kier molecular flexibility index (Phi) is 5.48.